The molecule has 6 aromatic rings. The fourth-order valence-electron chi connectivity index (χ4n) is 13.3. The van der Waals surface area contributed by atoms with Crippen LogP contribution in [0.3, 0.4) is 0 Å². The zero-order chi connectivity index (χ0) is 54.8. The summed E-state index contributed by atoms with van der Waals surface area (Å²) in [4.78, 5) is 77.7. The number of pyridine rings is 2. The van der Waals surface area contributed by atoms with Gasteiger partial charge in [-0.2, -0.15) is 0 Å². The van der Waals surface area contributed by atoms with Gasteiger partial charge >= 0.3 is 5.69 Å². The Bertz CT molecular complexity index is 3590. The lowest BCUT2D eigenvalue weighted by Gasteiger charge is -2.34. The second-order valence-corrected chi connectivity index (χ2v) is 23.0. The van der Waals surface area contributed by atoms with E-state index in [0.717, 1.165) is 92.3 Å². The number of hydrogen-bond acceptors (Lipinski definition) is 10. The van der Waals surface area contributed by atoms with E-state index in [0.29, 0.717) is 89.5 Å². The number of imidazole rings is 1. The first-order chi connectivity index (χ1) is 37.5. The van der Waals surface area contributed by atoms with Gasteiger partial charge in [0.25, 0.3) is 11.5 Å². The van der Waals surface area contributed by atoms with Crippen molar-refractivity contribution in [3.63, 3.8) is 0 Å². The van der Waals surface area contributed by atoms with Crippen molar-refractivity contribution < 1.29 is 23.2 Å². The standard InChI is InChI=1S/C61H70F2N10O5/c1-35(2)44-28-42(29-46(62)56(44)41-17-23-69(24-18-41)37(4)52-30-45-49(13-19-66-59(45)67(52)6)71-34-47(63)48(65-5)31-55(71)75)60(77)70-21-15-38(16-22-70)26-39-14-20-68(32-36(3)25-39)33-40-7-10-50-53(27-40)72(43-8-9-43)61(78)73(50)51-11-12-54(74)57(64)58(51)76/h7,10,13,17,19,27-31,34,36-39,43,51,64-65H,1,8-9,11-12,14-16,18,20-26,32-33H2,2-6H3/t36-,37+,39?,51-/m1/s1. The number of hydrogen-bond donors (Lipinski definition) is 2. The number of aryl methyl sites for hydroxylation is 1. The number of carbonyl (C=O) groups excluding carboxylic acids is 3. The van der Waals surface area contributed by atoms with Crippen LogP contribution in [0.15, 0.2) is 83.2 Å². The third-order valence-corrected chi connectivity index (χ3v) is 17.6. The van der Waals surface area contributed by atoms with E-state index in [9.17, 15) is 28.4 Å². The van der Waals surface area contributed by atoms with E-state index < -0.39 is 35.0 Å². The number of anilines is 1. The van der Waals surface area contributed by atoms with Gasteiger partial charge in [0.1, 0.15) is 23.2 Å². The van der Waals surface area contributed by atoms with Crippen LogP contribution in [-0.4, -0.2) is 107 Å². The van der Waals surface area contributed by atoms with Crippen molar-refractivity contribution in [3.05, 3.63) is 134 Å². The third-order valence-electron chi connectivity index (χ3n) is 17.6. The minimum atomic E-state index is -0.832. The minimum absolute atomic E-state index is 0.0711. The Balaban J connectivity index is 0.706. The summed E-state index contributed by atoms with van der Waals surface area (Å²) in [5.41, 5.74) is 6.87. The average molecular weight is 1060 g/mol. The lowest BCUT2D eigenvalue weighted by molar-refractivity contribution is -0.121. The van der Waals surface area contributed by atoms with Crippen molar-refractivity contribution in [1.29, 1.82) is 5.41 Å². The van der Waals surface area contributed by atoms with Gasteiger partial charge in [0.2, 0.25) is 5.78 Å². The number of halogens is 2. The number of nitrogens with zero attached hydrogens (tertiary/aromatic N) is 8. The van der Waals surface area contributed by atoms with Gasteiger partial charge in [-0.3, -0.25) is 48.1 Å². The van der Waals surface area contributed by atoms with Crippen molar-refractivity contribution in [2.45, 2.75) is 110 Å². The molecule has 2 saturated carbocycles. The van der Waals surface area contributed by atoms with E-state index in [-0.39, 0.29) is 47.8 Å². The van der Waals surface area contributed by atoms with Gasteiger partial charge < -0.3 is 14.8 Å². The number of Topliss-reactive ketones (excluding diaryl/α,β-unsaturated/α-hetero) is 2. The first-order valence-electron chi connectivity index (χ1n) is 27.9. The van der Waals surface area contributed by atoms with Gasteiger partial charge in [0, 0.05) is 106 Å². The maximum Gasteiger partial charge on any atom is 0.330 e. The zero-order valence-electron chi connectivity index (χ0n) is 45.4. The lowest BCUT2D eigenvalue weighted by atomic mass is 9.82. The molecule has 4 atom stereocenters. The average Bonchev–Trinajstić information content (AvgIpc) is 4.38. The highest BCUT2D eigenvalue weighted by atomic mass is 19.1. The van der Waals surface area contributed by atoms with E-state index in [1.165, 1.54) is 27.5 Å². The molecule has 4 aromatic heterocycles. The zero-order valence-corrected chi connectivity index (χ0v) is 45.4. The molecule has 1 amide bonds. The van der Waals surface area contributed by atoms with E-state index in [2.05, 4.69) is 58.7 Å². The fourth-order valence-corrected chi connectivity index (χ4v) is 13.3. The molecule has 2 aliphatic carbocycles. The maximum atomic E-state index is 16.5. The van der Waals surface area contributed by atoms with Gasteiger partial charge in [0.15, 0.2) is 11.6 Å². The molecular formula is C61H70F2N10O5. The first-order valence-corrected chi connectivity index (χ1v) is 27.9. The molecular weight excluding hydrogens is 991 g/mol. The van der Waals surface area contributed by atoms with Crippen molar-refractivity contribution in [2.75, 3.05) is 51.6 Å². The SMILES string of the molecule is C=C(C)c1cc(C(=O)N2CCC(CC3CCN(Cc4ccc5c(c4)n(C4CC4)c(=O)n5[C@@H]4CCC(=O)C(=N)C4=O)C[C@H](C)C3)CC2)cc(F)c1C1=CCN([C@@H](C)c2cc3c(-n4cc(F)c(NC)cc4=O)ccnc3n2C)CC1. The number of nitrogens with one attached hydrogen (secondary N) is 2. The highest BCUT2D eigenvalue weighted by Gasteiger charge is 2.39. The molecule has 0 radical (unpaired) electrons. The molecule has 408 valence electrons. The van der Waals surface area contributed by atoms with Crippen molar-refractivity contribution >= 4 is 62.1 Å². The molecule has 3 aliphatic heterocycles. The molecule has 78 heavy (non-hydrogen) atoms. The molecule has 2 aromatic carbocycles. The second kappa shape index (κ2) is 21.3. The molecule has 1 unspecified atom stereocenters. The number of carbonyl (C=O) groups is 3. The van der Waals surface area contributed by atoms with Gasteiger partial charge in [-0.1, -0.05) is 31.2 Å². The smallest absolute Gasteiger partial charge is 0.330 e. The Hall–Kier alpha value is -7.11. The Kier molecular flexibility index (Phi) is 14.4. The lowest BCUT2D eigenvalue weighted by Crippen LogP contribution is -2.40. The summed E-state index contributed by atoms with van der Waals surface area (Å²) in [7, 11) is 3.50. The molecule has 17 heteroatoms. The van der Waals surface area contributed by atoms with Crippen molar-refractivity contribution in [3.8, 4) is 5.69 Å². The van der Waals surface area contributed by atoms with Crippen LogP contribution in [0.2, 0.25) is 0 Å². The van der Waals surface area contributed by atoms with E-state index in [1.807, 2.05) is 46.2 Å². The number of likely N-dealkylation sites (tertiary alicyclic amines) is 2. The van der Waals surface area contributed by atoms with Crippen LogP contribution in [0.25, 0.3) is 38.9 Å². The topological polar surface area (TPSA) is 164 Å². The summed E-state index contributed by atoms with van der Waals surface area (Å²) in [6.45, 7) is 15.7. The molecule has 2 N–H and O–H groups in total. The number of allylic oxidation sites excluding steroid dienone is 1. The summed E-state index contributed by atoms with van der Waals surface area (Å²) in [6.07, 6.45) is 12.8. The largest absolute Gasteiger partial charge is 0.386 e. The summed E-state index contributed by atoms with van der Waals surface area (Å²) in [5.74, 6) is -0.589. The van der Waals surface area contributed by atoms with Crippen molar-refractivity contribution in [1.82, 2.24) is 38.0 Å². The molecule has 5 aliphatic rings. The minimum Gasteiger partial charge on any atom is -0.386 e. The predicted octanol–water partition coefficient (Wildman–Crippen LogP) is 9.66. The molecule has 0 spiro atoms. The number of rotatable bonds is 13. The summed E-state index contributed by atoms with van der Waals surface area (Å²) < 4.78 is 38.1. The normalized spacial score (nSPS) is 21.6. The van der Waals surface area contributed by atoms with E-state index in [1.54, 1.807) is 19.3 Å². The van der Waals surface area contributed by atoms with Crippen LogP contribution in [0.4, 0.5) is 14.5 Å². The number of aromatic nitrogens is 5. The highest BCUT2D eigenvalue weighted by Crippen LogP contribution is 2.40. The van der Waals surface area contributed by atoms with E-state index >= 15 is 4.39 Å². The number of ketones is 2. The Labute approximate surface area is 452 Å². The van der Waals surface area contributed by atoms with Gasteiger partial charge in [0.05, 0.1) is 28.6 Å². The van der Waals surface area contributed by atoms with Gasteiger partial charge in [-0.15, -0.1) is 0 Å². The number of piperidine rings is 1. The summed E-state index contributed by atoms with van der Waals surface area (Å²) in [5, 5.41) is 11.5. The molecule has 7 heterocycles. The predicted molar refractivity (Wildman–Crippen MR) is 300 cm³/mol. The Morgan fingerprint density at radius 3 is 2.38 bits per heavy atom. The summed E-state index contributed by atoms with van der Waals surface area (Å²) >= 11 is 0. The van der Waals surface area contributed by atoms with Gasteiger partial charge in [-0.05, 0) is 149 Å². The van der Waals surface area contributed by atoms with Gasteiger partial charge in [-0.25, -0.2) is 18.6 Å². The molecule has 11 rings (SSSR count). The maximum absolute atomic E-state index is 16.5. The van der Waals surface area contributed by atoms with E-state index in [4.69, 9.17) is 5.41 Å². The number of amides is 1. The molecule has 15 nitrogen and oxygen atoms in total. The van der Waals surface area contributed by atoms with Crippen LogP contribution < -0.4 is 16.6 Å². The molecule has 4 fully saturated rings. The number of benzene rings is 2. The summed E-state index contributed by atoms with van der Waals surface area (Å²) in [6, 6.07) is 13.5. The second-order valence-electron chi connectivity index (χ2n) is 23.0. The monoisotopic (exact) mass is 1060 g/mol. The highest BCUT2D eigenvalue weighted by molar-refractivity contribution is 6.66. The van der Waals surface area contributed by atoms with Crippen LogP contribution in [0.1, 0.15) is 136 Å². The Morgan fingerprint density at radius 2 is 1.67 bits per heavy atom. The quantitative estimate of drug-likeness (QED) is 0.115. The third kappa shape index (κ3) is 9.92. The van der Waals surface area contributed by atoms with Crippen molar-refractivity contribution in [2.24, 2.45) is 24.8 Å². The van der Waals surface area contributed by atoms with Crippen LogP contribution in [-0.2, 0) is 23.2 Å². The van der Waals surface area contributed by atoms with Crippen LogP contribution in [0, 0.1) is 34.8 Å². The number of fused-ring (bicyclic) bond motifs is 2. The molecule has 0 bridgehead atoms. The van der Waals surface area contributed by atoms with Crippen LogP contribution >= 0.6 is 0 Å². The molecule has 2 saturated heterocycles. The fraction of sp³-hybridized carbons (Fsp3) is 0.459. The first kappa shape index (κ1) is 52.9. The Morgan fingerprint density at radius 1 is 0.897 bits per heavy atom. The van der Waals surface area contributed by atoms with Crippen LogP contribution in [0.5, 0.6) is 0 Å².